The molecule has 6 nitrogen and oxygen atoms in total. The van der Waals surface area contributed by atoms with E-state index in [0.29, 0.717) is 5.75 Å². The first-order valence-electron chi connectivity index (χ1n) is 6.88. The maximum atomic E-state index is 12.4. The molecule has 0 aromatic heterocycles. The Balaban J connectivity index is 2.19. The van der Waals surface area contributed by atoms with Gasteiger partial charge in [-0.3, -0.25) is 0 Å². The summed E-state index contributed by atoms with van der Waals surface area (Å²) in [6.07, 6.45) is 0. The molecule has 2 aromatic rings. The van der Waals surface area contributed by atoms with Crippen molar-refractivity contribution in [1.82, 2.24) is 4.72 Å². The highest BCUT2D eigenvalue weighted by Crippen LogP contribution is 2.21. The summed E-state index contributed by atoms with van der Waals surface area (Å²) in [7, 11) is -1.05. The molecule has 1 N–H and O–H groups in total. The number of sulfonamides is 1. The lowest BCUT2D eigenvalue weighted by Crippen LogP contribution is -2.23. The second-order valence-corrected chi connectivity index (χ2v) is 6.98. The third-order valence-electron chi connectivity index (χ3n) is 3.28. The Morgan fingerprint density at radius 2 is 1.79 bits per heavy atom. The van der Waals surface area contributed by atoms with Crippen LogP contribution in [0.25, 0.3) is 0 Å². The number of halogens is 1. The summed E-state index contributed by atoms with van der Waals surface area (Å²) in [5.74, 6) is -0.0192. The van der Waals surface area contributed by atoms with Gasteiger partial charge in [-0.05, 0) is 35.9 Å². The predicted molar refractivity (Wildman–Crippen MR) is 89.8 cm³/mol. The summed E-state index contributed by atoms with van der Waals surface area (Å²) in [6, 6.07) is 10.8. The van der Waals surface area contributed by atoms with Gasteiger partial charge in [-0.2, -0.15) is 0 Å². The molecule has 0 atom stereocenters. The molecule has 0 aliphatic rings. The number of carbonyl (C=O) groups is 1. The van der Waals surface area contributed by atoms with Gasteiger partial charge in [0.25, 0.3) is 0 Å². The van der Waals surface area contributed by atoms with Crippen molar-refractivity contribution in [1.29, 1.82) is 0 Å². The zero-order valence-electron chi connectivity index (χ0n) is 13.1. The van der Waals surface area contributed by atoms with Crippen molar-refractivity contribution in [2.45, 2.75) is 11.4 Å². The molecule has 0 amide bonds. The summed E-state index contributed by atoms with van der Waals surface area (Å²) in [5, 5.41) is 0.121. The Hall–Kier alpha value is -2.09. The van der Waals surface area contributed by atoms with Crippen molar-refractivity contribution in [2.75, 3.05) is 14.2 Å². The number of rotatable bonds is 6. The van der Waals surface area contributed by atoms with Gasteiger partial charge in [-0.15, -0.1) is 0 Å². The smallest absolute Gasteiger partial charge is 0.339 e. The van der Waals surface area contributed by atoms with Crippen molar-refractivity contribution in [3.8, 4) is 5.75 Å². The largest absolute Gasteiger partial charge is 0.497 e. The highest BCUT2D eigenvalue weighted by molar-refractivity contribution is 7.89. The molecule has 24 heavy (non-hydrogen) atoms. The van der Waals surface area contributed by atoms with Crippen molar-refractivity contribution in [3.63, 3.8) is 0 Å². The Morgan fingerprint density at radius 3 is 2.38 bits per heavy atom. The van der Waals surface area contributed by atoms with E-state index in [1.54, 1.807) is 31.4 Å². The Morgan fingerprint density at radius 1 is 1.12 bits per heavy atom. The molecule has 0 spiro atoms. The van der Waals surface area contributed by atoms with Gasteiger partial charge < -0.3 is 9.47 Å². The van der Waals surface area contributed by atoms with Crippen LogP contribution in [0.1, 0.15) is 15.9 Å². The average Bonchev–Trinajstić information content (AvgIpc) is 2.60. The maximum Gasteiger partial charge on any atom is 0.339 e. The lowest BCUT2D eigenvalue weighted by Gasteiger charge is -2.09. The van der Waals surface area contributed by atoms with Gasteiger partial charge in [0.05, 0.1) is 29.7 Å². The van der Waals surface area contributed by atoms with Gasteiger partial charge in [-0.1, -0.05) is 23.7 Å². The molecular weight excluding hydrogens is 354 g/mol. The average molecular weight is 370 g/mol. The molecule has 0 heterocycles. The van der Waals surface area contributed by atoms with Crippen molar-refractivity contribution >= 4 is 27.6 Å². The third-order valence-corrected chi connectivity index (χ3v) is 5.01. The molecule has 0 saturated heterocycles. The molecule has 0 unspecified atom stereocenters. The second-order valence-electron chi connectivity index (χ2n) is 4.81. The molecule has 0 bridgehead atoms. The molecular formula is C16H16ClNO5S. The minimum Gasteiger partial charge on any atom is -0.497 e. The molecule has 0 aliphatic carbocycles. The summed E-state index contributed by atoms with van der Waals surface area (Å²) >= 11 is 5.89. The lowest BCUT2D eigenvalue weighted by molar-refractivity contribution is 0.0600. The maximum absolute atomic E-state index is 12.4. The number of ether oxygens (including phenoxy) is 2. The monoisotopic (exact) mass is 369 g/mol. The van der Waals surface area contributed by atoms with E-state index in [1.165, 1.54) is 25.3 Å². The summed E-state index contributed by atoms with van der Waals surface area (Å²) in [6.45, 7) is 0.0997. The number of esters is 1. The summed E-state index contributed by atoms with van der Waals surface area (Å²) < 4.78 is 36.8. The van der Waals surface area contributed by atoms with Crippen LogP contribution in [0.2, 0.25) is 5.02 Å². The quantitative estimate of drug-likeness (QED) is 0.791. The first-order valence-corrected chi connectivity index (χ1v) is 8.74. The number of hydrogen-bond acceptors (Lipinski definition) is 5. The first-order chi connectivity index (χ1) is 11.4. The zero-order chi connectivity index (χ0) is 17.7. The van der Waals surface area contributed by atoms with E-state index < -0.39 is 16.0 Å². The van der Waals surface area contributed by atoms with Gasteiger partial charge in [0.2, 0.25) is 10.0 Å². The highest BCUT2D eigenvalue weighted by atomic mass is 35.5. The summed E-state index contributed by atoms with van der Waals surface area (Å²) in [5.41, 5.74) is 0.757. The van der Waals surface area contributed by atoms with E-state index in [-0.39, 0.29) is 22.0 Å². The topological polar surface area (TPSA) is 81.7 Å². The number of methoxy groups -OCH3 is 2. The first kappa shape index (κ1) is 18.3. The predicted octanol–water partition coefficient (Wildman–Crippen LogP) is 2.61. The lowest BCUT2D eigenvalue weighted by atomic mass is 10.2. The van der Waals surface area contributed by atoms with Crippen LogP contribution in [0.3, 0.4) is 0 Å². The Labute approximate surface area is 145 Å². The van der Waals surface area contributed by atoms with Gasteiger partial charge in [0, 0.05) is 6.54 Å². The molecule has 2 rings (SSSR count). The Bertz CT molecular complexity index is 834. The SMILES string of the molecule is COC(=O)c1cc(S(=O)(=O)NCc2ccc(OC)cc2)ccc1Cl. The number of carbonyl (C=O) groups excluding carboxylic acids is 1. The van der Waals surface area contributed by atoms with Crippen LogP contribution in [0, 0.1) is 0 Å². The van der Waals surface area contributed by atoms with Crippen LogP contribution in [0.15, 0.2) is 47.4 Å². The van der Waals surface area contributed by atoms with E-state index in [1.807, 2.05) is 0 Å². The van der Waals surface area contributed by atoms with Gasteiger partial charge in [0.15, 0.2) is 0 Å². The van der Waals surface area contributed by atoms with Crippen molar-refractivity contribution < 1.29 is 22.7 Å². The molecule has 0 radical (unpaired) electrons. The molecule has 8 heteroatoms. The van der Waals surface area contributed by atoms with Crippen LogP contribution >= 0.6 is 11.6 Å². The third kappa shape index (κ3) is 4.25. The van der Waals surface area contributed by atoms with Crippen molar-refractivity contribution in [3.05, 3.63) is 58.6 Å². The fraction of sp³-hybridized carbons (Fsp3) is 0.188. The fourth-order valence-electron chi connectivity index (χ4n) is 1.94. The van der Waals surface area contributed by atoms with Crippen LogP contribution in [0.5, 0.6) is 5.75 Å². The standard InChI is InChI=1S/C16H16ClNO5S/c1-22-12-5-3-11(4-6-12)10-18-24(20,21)13-7-8-15(17)14(9-13)16(19)23-2/h3-9,18H,10H2,1-2H3. The molecule has 2 aromatic carbocycles. The highest BCUT2D eigenvalue weighted by Gasteiger charge is 2.19. The minimum absolute atomic E-state index is 0.00788. The van der Waals surface area contributed by atoms with E-state index in [0.717, 1.165) is 5.56 Å². The number of benzene rings is 2. The Kier molecular flexibility index (Phi) is 5.82. The zero-order valence-corrected chi connectivity index (χ0v) is 14.6. The number of hydrogen-bond donors (Lipinski definition) is 1. The fourth-order valence-corrected chi connectivity index (χ4v) is 3.18. The van der Waals surface area contributed by atoms with Crippen LogP contribution in [0.4, 0.5) is 0 Å². The van der Waals surface area contributed by atoms with E-state index in [2.05, 4.69) is 9.46 Å². The van der Waals surface area contributed by atoms with E-state index in [4.69, 9.17) is 16.3 Å². The van der Waals surface area contributed by atoms with Crippen LogP contribution in [-0.4, -0.2) is 28.6 Å². The normalized spacial score (nSPS) is 11.1. The molecule has 0 fully saturated rings. The molecule has 0 aliphatic heterocycles. The minimum atomic E-state index is -3.80. The van der Waals surface area contributed by atoms with Gasteiger partial charge >= 0.3 is 5.97 Å². The van der Waals surface area contributed by atoms with Crippen LogP contribution < -0.4 is 9.46 Å². The summed E-state index contributed by atoms with van der Waals surface area (Å²) in [4.78, 5) is 11.6. The van der Waals surface area contributed by atoms with Crippen LogP contribution in [-0.2, 0) is 21.3 Å². The van der Waals surface area contributed by atoms with E-state index in [9.17, 15) is 13.2 Å². The van der Waals surface area contributed by atoms with Crippen molar-refractivity contribution in [2.24, 2.45) is 0 Å². The van der Waals surface area contributed by atoms with Gasteiger partial charge in [-0.25, -0.2) is 17.9 Å². The molecule has 0 saturated carbocycles. The van der Waals surface area contributed by atoms with E-state index >= 15 is 0 Å². The van der Waals surface area contributed by atoms with Gasteiger partial charge in [0.1, 0.15) is 5.75 Å². The number of nitrogens with one attached hydrogen (secondary N) is 1. The molecule has 128 valence electrons. The second kappa shape index (κ2) is 7.65.